The fourth-order valence-corrected chi connectivity index (χ4v) is 1.44. The maximum Gasteiger partial charge on any atom is 0.272 e. The Morgan fingerprint density at radius 1 is 1.37 bits per heavy atom. The lowest BCUT2D eigenvalue weighted by atomic mass is 10.2. The van der Waals surface area contributed by atoms with Crippen molar-refractivity contribution in [3.05, 3.63) is 58.2 Å². The second-order valence-electron chi connectivity index (χ2n) is 3.62. The predicted octanol–water partition coefficient (Wildman–Crippen LogP) is 2.41. The number of hydrogen-bond acceptors (Lipinski definition) is 5. The number of pyridine rings is 1. The number of ether oxygens (including phenoxy) is 1. The summed E-state index contributed by atoms with van der Waals surface area (Å²) in [6, 6.07) is 4.54. The molecule has 0 aliphatic carbocycles. The molecule has 0 fully saturated rings. The lowest BCUT2D eigenvalue weighted by Crippen LogP contribution is -1.95. The molecular formula is C12H9FN2O4. The summed E-state index contributed by atoms with van der Waals surface area (Å²) >= 11 is 0. The van der Waals surface area contributed by atoms with Crippen LogP contribution in [-0.2, 0) is 6.61 Å². The van der Waals surface area contributed by atoms with Crippen LogP contribution in [0.25, 0.3) is 0 Å². The van der Waals surface area contributed by atoms with Crippen LogP contribution in [0.3, 0.4) is 0 Å². The first-order valence-corrected chi connectivity index (χ1v) is 5.27. The molecule has 0 atom stereocenters. The Hall–Kier alpha value is -2.54. The molecule has 0 aliphatic rings. The minimum atomic E-state index is -0.852. The molecule has 1 aromatic heterocycles. The van der Waals surface area contributed by atoms with Crippen LogP contribution in [0, 0.1) is 15.9 Å². The van der Waals surface area contributed by atoms with Crippen LogP contribution in [-0.4, -0.2) is 15.0 Å². The number of halogens is 1. The van der Waals surface area contributed by atoms with E-state index in [-0.39, 0.29) is 23.8 Å². The number of nitro groups is 1. The van der Waals surface area contributed by atoms with Gasteiger partial charge >= 0.3 is 0 Å². The monoisotopic (exact) mass is 264 g/mol. The first-order valence-electron chi connectivity index (χ1n) is 5.27. The minimum Gasteiger partial charge on any atom is -0.454 e. The third kappa shape index (κ3) is 2.83. The van der Waals surface area contributed by atoms with Crippen molar-refractivity contribution in [2.75, 3.05) is 0 Å². The molecule has 2 rings (SSSR count). The van der Waals surface area contributed by atoms with Gasteiger partial charge in [0, 0.05) is 24.0 Å². The number of aliphatic hydroxyl groups is 1. The van der Waals surface area contributed by atoms with Gasteiger partial charge in [-0.15, -0.1) is 0 Å². The topological polar surface area (TPSA) is 85.5 Å². The van der Waals surface area contributed by atoms with E-state index in [1.54, 1.807) is 0 Å². The van der Waals surface area contributed by atoms with Crippen LogP contribution in [0.1, 0.15) is 5.56 Å². The molecule has 7 heteroatoms. The summed E-state index contributed by atoms with van der Waals surface area (Å²) in [5, 5.41) is 19.6. The molecule has 0 aliphatic heterocycles. The average molecular weight is 264 g/mol. The lowest BCUT2D eigenvalue weighted by molar-refractivity contribution is -0.385. The van der Waals surface area contributed by atoms with Crippen molar-refractivity contribution in [2.45, 2.75) is 6.61 Å². The van der Waals surface area contributed by atoms with E-state index in [0.29, 0.717) is 5.56 Å². The number of aromatic nitrogens is 1. The first kappa shape index (κ1) is 12.9. The normalized spacial score (nSPS) is 10.2. The summed E-state index contributed by atoms with van der Waals surface area (Å²) in [6.45, 7) is -0.308. The molecule has 0 saturated carbocycles. The van der Waals surface area contributed by atoms with Crippen molar-refractivity contribution < 1.29 is 19.2 Å². The Bertz CT molecular complexity index is 618. The highest BCUT2D eigenvalue weighted by Gasteiger charge is 2.13. The summed E-state index contributed by atoms with van der Waals surface area (Å²) < 4.78 is 18.9. The number of nitro benzene ring substituents is 1. The fourth-order valence-electron chi connectivity index (χ4n) is 1.44. The SMILES string of the molecule is O=[N+]([O-])c1ccc(Oc2ccncc2CO)c(F)c1. The third-order valence-corrected chi connectivity index (χ3v) is 2.38. The Balaban J connectivity index is 2.31. The molecule has 98 valence electrons. The second kappa shape index (κ2) is 5.40. The van der Waals surface area contributed by atoms with Gasteiger partial charge in [-0.3, -0.25) is 15.1 Å². The summed E-state index contributed by atoms with van der Waals surface area (Å²) in [4.78, 5) is 13.6. The predicted molar refractivity (Wildman–Crippen MR) is 63.3 cm³/mol. The smallest absolute Gasteiger partial charge is 0.272 e. The molecule has 1 heterocycles. The maximum absolute atomic E-state index is 13.6. The number of hydrogen-bond donors (Lipinski definition) is 1. The Morgan fingerprint density at radius 2 is 2.16 bits per heavy atom. The molecular weight excluding hydrogens is 255 g/mol. The lowest BCUT2D eigenvalue weighted by Gasteiger charge is -2.09. The highest BCUT2D eigenvalue weighted by molar-refractivity contribution is 5.41. The van der Waals surface area contributed by atoms with Gasteiger partial charge in [0.05, 0.1) is 17.6 Å². The van der Waals surface area contributed by atoms with E-state index in [4.69, 9.17) is 9.84 Å². The van der Waals surface area contributed by atoms with E-state index in [0.717, 1.165) is 18.2 Å². The van der Waals surface area contributed by atoms with Crippen molar-refractivity contribution in [3.8, 4) is 11.5 Å². The molecule has 0 radical (unpaired) electrons. The van der Waals surface area contributed by atoms with Crippen molar-refractivity contribution >= 4 is 5.69 Å². The third-order valence-electron chi connectivity index (χ3n) is 2.38. The first-order chi connectivity index (χ1) is 9.11. The van der Waals surface area contributed by atoms with Gasteiger partial charge in [-0.25, -0.2) is 4.39 Å². The van der Waals surface area contributed by atoms with Gasteiger partial charge in [-0.1, -0.05) is 0 Å². The van der Waals surface area contributed by atoms with Crippen LogP contribution in [0.2, 0.25) is 0 Å². The number of aliphatic hydroxyl groups excluding tert-OH is 1. The van der Waals surface area contributed by atoms with Crippen LogP contribution in [0.5, 0.6) is 11.5 Å². The van der Waals surface area contributed by atoms with Gasteiger partial charge in [-0.05, 0) is 12.1 Å². The standard InChI is InChI=1S/C12H9FN2O4/c13-10-5-9(15(17)18)1-2-12(10)19-11-3-4-14-6-8(11)7-16/h1-6,16H,7H2. The van der Waals surface area contributed by atoms with Gasteiger partial charge in [0.25, 0.3) is 5.69 Å². The van der Waals surface area contributed by atoms with Crippen LogP contribution in [0.15, 0.2) is 36.7 Å². The molecule has 0 unspecified atom stereocenters. The van der Waals surface area contributed by atoms with Crippen molar-refractivity contribution in [2.24, 2.45) is 0 Å². The van der Waals surface area contributed by atoms with Crippen LogP contribution < -0.4 is 4.74 Å². The van der Waals surface area contributed by atoms with Gasteiger partial charge in [0.1, 0.15) is 5.75 Å². The van der Waals surface area contributed by atoms with E-state index >= 15 is 0 Å². The Kier molecular flexibility index (Phi) is 3.67. The molecule has 0 bridgehead atoms. The van der Waals surface area contributed by atoms with E-state index < -0.39 is 10.7 Å². The zero-order chi connectivity index (χ0) is 13.8. The number of nitrogens with zero attached hydrogens (tertiary/aromatic N) is 2. The van der Waals surface area contributed by atoms with Gasteiger partial charge in [0.2, 0.25) is 0 Å². The Morgan fingerprint density at radius 3 is 2.79 bits per heavy atom. The highest BCUT2D eigenvalue weighted by atomic mass is 19.1. The van der Waals surface area contributed by atoms with Gasteiger partial charge < -0.3 is 9.84 Å². The quantitative estimate of drug-likeness (QED) is 0.677. The molecule has 0 spiro atoms. The van der Waals surface area contributed by atoms with Crippen molar-refractivity contribution in [3.63, 3.8) is 0 Å². The van der Waals surface area contributed by atoms with Crippen molar-refractivity contribution in [1.82, 2.24) is 4.98 Å². The van der Waals surface area contributed by atoms with E-state index in [1.807, 2.05) is 0 Å². The summed E-state index contributed by atoms with van der Waals surface area (Å²) in [5.41, 5.74) is 0.0298. The van der Waals surface area contributed by atoms with E-state index in [1.165, 1.54) is 18.5 Å². The molecule has 1 N–H and O–H groups in total. The summed E-state index contributed by atoms with van der Waals surface area (Å²) in [7, 11) is 0. The van der Waals surface area contributed by atoms with E-state index in [9.17, 15) is 14.5 Å². The molecule has 0 saturated heterocycles. The second-order valence-corrected chi connectivity index (χ2v) is 3.62. The average Bonchev–Trinajstić information content (AvgIpc) is 2.41. The van der Waals surface area contributed by atoms with Crippen LogP contribution >= 0.6 is 0 Å². The van der Waals surface area contributed by atoms with Crippen molar-refractivity contribution in [1.29, 1.82) is 0 Å². The largest absolute Gasteiger partial charge is 0.454 e. The van der Waals surface area contributed by atoms with Gasteiger partial charge in [-0.2, -0.15) is 0 Å². The summed E-state index contributed by atoms with van der Waals surface area (Å²) in [6.07, 6.45) is 2.82. The number of benzene rings is 1. The number of non-ortho nitro benzene ring substituents is 1. The Labute approximate surface area is 107 Å². The molecule has 2 aromatic rings. The highest BCUT2D eigenvalue weighted by Crippen LogP contribution is 2.29. The zero-order valence-electron chi connectivity index (χ0n) is 9.62. The minimum absolute atomic E-state index is 0.161. The maximum atomic E-state index is 13.6. The van der Waals surface area contributed by atoms with Gasteiger partial charge in [0.15, 0.2) is 11.6 Å². The molecule has 19 heavy (non-hydrogen) atoms. The van der Waals surface area contributed by atoms with E-state index in [2.05, 4.69) is 4.98 Å². The fraction of sp³-hybridized carbons (Fsp3) is 0.0833. The molecule has 1 aromatic carbocycles. The molecule has 6 nitrogen and oxygen atoms in total. The summed E-state index contributed by atoms with van der Waals surface area (Å²) in [5.74, 6) is -0.772. The molecule has 0 amide bonds. The zero-order valence-corrected chi connectivity index (χ0v) is 9.62. The van der Waals surface area contributed by atoms with Crippen LogP contribution in [0.4, 0.5) is 10.1 Å². The number of rotatable bonds is 4.